The van der Waals surface area contributed by atoms with E-state index in [9.17, 15) is 19.5 Å². The highest BCUT2D eigenvalue weighted by atomic mass is 16.3. The molecule has 1 aliphatic rings. The van der Waals surface area contributed by atoms with E-state index >= 15 is 0 Å². The number of likely N-dealkylation sites (tertiary alicyclic amines) is 1. The zero-order valence-corrected chi connectivity index (χ0v) is 21.5. The van der Waals surface area contributed by atoms with Gasteiger partial charge < -0.3 is 15.3 Å². The van der Waals surface area contributed by atoms with Gasteiger partial charge in [-0.1, -0.05) is 75.4 Å². The number of benzene rings is 2. The van der Waals surface area contributed by atoms with Crippen LogP contribution >= 0.6 is 0 Å². The summed E-state index contributed by atoms with van der Waals surface area (Å²) in [6.45, 7) is 7.53. The second kappa shape index (κ2) is 11.3. The summed E-state index contributed by atoms with van der Waals surface area (Å²) in [7, 11) is 1.73. The van der Waals surface area contributed by atoms with Crippen LogP contribution < -0.4 is 5.32 Å². The van der Waals surface area contributed by atoms with E-state index in [0.29, 0.717) is 6.42 Å². The molecule has 4 atom stereocenters. The van der Waals surface area contributed by atoms with E-state index in [1.807, 2.05) is 75.4 Å². The van der Waals surface area contributed by atoms with Gasteiger partial charge in [0.05, 0.1) is 18.2 Å². The largest absolute Gasteiger partial charge is 0.391 e. The highest BCUT2D eigenvalue weighted by Crippen LogP contribution is 2.28. The third-order valence-electron chi connectivity index (χ3n) is 6.90. The van der Waals surface area contributed by atoms with Crippen LogP contribution in [0.1, 0.15) is 46.1 Å². The topological polar surface area (TPSA) is 86.7 Å². The minimum absolute atomic E-state index is 0.0512. The monoisotopic (exact) mass is 478 g/mol. The minimum Gasteiger partial charge on any atom is -0.391 e. The van der Waals surface area contributed by atoms with E-state index in [0.717, 1.165) is 16.7 Å². The number of amides is 1. The average Bonchev–Trinajstić information content (AvgIpc) is 3.21. The number of hydrogen-bond donors (Lipinski definition) is 2. The van der Waals surface area contributed by atoms with Gasteiger partial charge in [0.25, 0.3) is 0 Å². The SMILES string of the molecule is CN[C@H](C(=O)N1C[C@H](O)C[C@H]1C(=O)C[C@H](Cc1ccc(-c2ccccc2)cc1)C(C)=O)C(C)(C)C. The molecule has 0 bridgehead atoms. The smallest absolute Gasteiger partial charge is 0.240 e. The Hall–Kier alpha value is -2.83. The summed E-state index contributed by atoms with van der Waals surface area (Å²) in [5, 5.41) is 13.4. The molecule has 0 aliphatic carbocycles. The fourth-order valence-electron chi connectivity index (χ4n) is 4.94. The van der Waals surface area contributed by atoms with Crippen molar-refractivity contribution in [2.75, 3.05) is 13.6 Å². The summed E-state index contributed by atoms with van der Waals surface area (Å²) in [5.41, 5.74) is 2.86. The fraction of sp³-hybridized carbons (Fsp3) is 0.483. The Bertz CT molecular complexity index is 1030. The van der Waals surface area contributed by atoms with Gasteiger partial charge in [-0.15, -0.1) is 0 Å². The molecule has 3 rings (SSSR count). The number of rotatable bonds is 9. The first-order chi connectivity index (χ1) is 16.5. The number of carbonyl (C=O) groups excluding carboxylic acids is 3. The van der Waals surface area contributed by atoms with Crippen LogP contribution in [0.3, 0.4) is 0 Å². The van der Waals surface area contributed by atoms with Gasteiger partial charge in [0, 0.05) is 25.3 Å². The molecule has 0 unspecified atom stereocenters. The number of nitrogens with one attached hydrogen (secondary N) is 1. The van der Waals surface area contributed by atoms with Crippen molar-refractivity contribution in [3.8, 4) is 11.1 Å². The number of carbonyl (C=O) groups is 3. The molecule has 1 fully saturated rings. The maximum absolute atomic E-state index is 13.3. The van der Waals surface area contributed by atoms with E-state index in [-0.39, 0.29) is 42.3 Å². The normalized spacial score (nSPS) is 19.9. The van der Waals surface area contributed by atoms with Crippen LogP contribution in [0.2, 0.25) is 0 Å². The first-order valence-corrected chi connectivity index (χ1v) is 12.3. The first kappa shape index (κ1) is 26.8. The molecule has 1 amide bonds. The Morgan fingerprint density at radius 1 is 1.03 bits per heavy atom. The molecular weight excluding hydrogens is 440 g/mol. The van der Waals surface area contributed by atoms with Crippen molar-refractivity contribution in [2.45, 2.75) is 65.1 Å². The van der Waals surface area contributed by atoms with E-state index in [1.165, 1.54) is 11.8 Å². The lowest BCUT2D eigenvalue weighted by atomic mass is 9.85. The van der Waals surface area contributed by atoms with Crippen molar-refractivity contribution in [2.24, 2.45) is 11.3 Å². The van der Waals surface area contributed by atoms with Gasteiger partial charge in [0.15, 0.2) is 5.78 Å². The van der Waals surface area contributed by atoms with Gasteiger partial charge in [-0.25, -0.2) is 0 Å². The van der Waals surface area contributed by atoms with E-state index < -0.39 is 24.1 Å². The number of nitrogens with zero attached hydrogens (tertiary/aromatic N) is 1. The van der Waals surface area contributed by atoms with Gasteiger partial charge in [0.1, 0.15) is 5.78 Å². The molecule has 0 spiro atoms. The third-order valence-corrected chi connectivity index (χ3v) is 6.90. The van der Waals surface area contributed by atoms with Crippen LogP contribution in [0.4, 0.5) is 0 Å². The summed E-state index contributed by atoms with van der Waals surface area (Å²) < 4.78 is 0. The maximum Gasteiger partial charge on any atom is 0.240 e. The van der Waals surface area contributed by atoms with Crippen molar-refractivity contribution < 1.29 is 19.5 Å². The predicted octanol–water partition coefficient (Wildman–Crippen LogP) is 3.66. The molecule has 0 aromatic heterocycles. The summed E-state index contributed by atoms with van der Waals surface area (Å²) >= 11 is 0. The Balaban J connectivity index is 1.71. The molecule has 6 nitrogen and oxygen atoms in total. The second-order valence-electron chi connectivity index (χ2n) is 10.7. The van der Waals surface area contributed by atoms with Crippen LogP contribution in [0.25, 0.3) is 11.1 Å². The number of β-amino-alcohol motifs (C(OH)–C–C–N with tert-alkyl or cyclic N) is 1. The maximum atomic E-state index is 13.3. The van der Waals surface area contributed by atoms with Crippen molar-refractivity contribution in [1.82, 2.24) is 10.2 Å². The second-order valence-corrected chi connectivity index (χ2v) is 10.7. The Morgan fingerprint density at radius 2 is 1.63 bits per heavy atom. The summed E-state index contributed by atoms with van der Waals surface area (Å²) in [6.07, 6.45) is -0.0229. The lowest BCUT2D eigenvalue weighted by Crippen LogP contribution is -2.54. The molecular formula is C29H38N2O4. The predicted molar refractivity (Wildman–Crippen MR) is 138 cm³/mol. The number of ketones is 2. The molecule has 188 valence electrons. The summed E-state index contributed by atoms with van der Waals surface area (Å²) in [5.74, 6) is -0.877. The van der Waals surface area contributed by atoms with Gasteiger partial charge >= 0.3 is 0 Å². The lowest BCUT2D eigenvalue weighted by Gasteiger charge is -2.34. The lowest BCUT2D eigenvalue weighted by molar-refractivity contribution is -0.142. The van der Waals surface area contributed by atoms with Crippen LogP contribution in [0.5, 0.6) is 0 Å². The summed E-state index contributed by atoms with van der Waals surface area (Å²) in [4.78, 5) is 40.6. The molecule has 2 N–H and O–H groups in total. The van der Waals surface area contributed by atoms with E-state index in [1.54, 1.807) is 7.05 Å². The minimum atomic E-state index is -0.744. The van der Waals surface area contributed by atoms with Gasteiger partial charge in [-0.3, -0.25) is 14.4 Å². The number of aliphatic hydroxyl groups excluding tert-OH is 1. The molecule has 1 saturated heterocycles. The average molecular weight is 479 g/mol. The Kier molecular flexibility index (Phi) is 8.62. The van der Waals surface area contributed by atoms with Crippen LogP contribution in [-0.2, 0) is 20.8 Å². The Labute approximate surface area is 208 Å². The van der Waals surface area contributed by atoms with Crippen LogP contribution in [0.15, 0.2) is 54.6 Å². The van der Waals surface area contributed by atoms with Crippen LogP contribution in [-0.4, -0.2) is 59.3 Å². The van der Waals surface area contributed by atoms with Crippen molar-refractivity contribution in [1.29, 1.82) is 0 Å². The van der Waals surface area contributed by atoms with Gasteiger partial charge in [-0.2, -0.15) is 0 Å². The molecule has 2 aromatic rings. The highest BCUT2D eigenvalue weighted by molar-refractivity contribution is 5.94. The molecule has 35 heavy (non-hydrogen) atoms. The Morgan fingerprint density at radius 3 is 2.17 bits per heavy atom. The third kappa shape index (κ3) is 6.65. The molecule has 0 saturated carbocycles. The molecule has 1 heterocycles. The highest BCUT2D eigenvalue weighted by Gasteiger charge is 2.43. The number of aliphatic hydroxyl groups is 1. The van der Waals surface area contributed by atoms with Crippen molar-refractivity contribution >= 4 is 17.5 Å². The van der Waals surface area contributed by atoms with E-state index in [4.69, 9.17) is 0 Å². The first-order valence-electron chi connectivity index (χ1n) is 12.3. The zero-order valence-electron chi connectivity index (χ0n) is 21.5. The van der Waals surface area contributed by atoms with Gasteiger partial charge in [0.2, 0.25) is 5.91 Å². The molecule has 0 radical (unpaired) electrons. The number of hydrogen-bond acceptors (Lipinski definition) is 5. The van der Waals surface area contributed by atoms with Crippen LogP contribution in [0, 0.1) is 11.3 Å². The molecule has 6 heteroatoms. The van der Waals surface area contributed by atoms with Crippen molar-refractivity contribution in [3.05, 3.63) is 60.2 Å². The fourth-order valence-corrected chi connectivity index (χ4v) is 4.94. The van der Waals surface area contributed by atoms with Crippen molar-refractivity contribution in [3.63, 3.8) is 0 Å². The van der Waals surface area contributed by atoms with Gasteiger partial charge in [-0.05, 0) is 42.5 Å². The van der Waals surface area contributed by atoms with E-state index in [2.05, 4.69) is 5.32 Å². The number of Topliss-reactive ketones (excluding diaryl/α,β-unsaturated/α-hetero) is 2. The standard InChI is InChI=1S/C29H38N2O4/c1-19(32)23(15-20-11-13-22(14-12-20)21-9-7-6-8-10-21)16-26(34)25-17-24(33)18-31(25)28(35)27(30-5)29(2,3)4/h6-14,23-25,27,30,33H,15-18H2,1-5H3/t23-,24+,25-,27+/m0/s1. The molecule has 2 aromatic carbocycles. The number of likely N-dealkylation sites (N-methyl/N-ethyl adjacent to an activating group) is 1. The molecule has 1 aliphatic heterocycles. The quantitative estimate of drug-likeness (QED) is 0.575. The summed E-state index contributed by atoms with van der Waals surface area (Å²) in [6, 6.07) is 16.9. The zero-order chi connectivity index (χ0) is 25.8.